The van der Waals surface area contributed by atoms with E-state index in [1.807, 2.05) is 24.3 Å². The number of rotatable bonds is 7. The van der Waals surface area contributed by atoms with E-state index >= 15 is 0 Å². The summed E-state index contributed by atoms with van der Waals surface area (Å²) in [7, 11) is 0. The molecule has 0 heterocycles. The van der Waals surface area contributed by atoms with Crippen LogP contribution in [0.15, 0.2) is 36.4 Å². The number of anilines is 2. The van der Waals surface area contributed by atoms with Gasteiger partial charge in [-0.1, -0.05) is 34.8 Å². The Bertz CT molecular complexity index is 762. The zero-order valence-electron chi connectivity index (χ0n) is 14.9. The SMILES string of the molecule is CCN(CC)c1ccc(NC(=O)C(C)Oc2cc(Cl)c(Cl)cc2Cl)cc1. The van der Waals surface area contributed by atoms with Crippen molar-refractivity contribution in [3.63, 3.8) is 0 Å². The van der Waals surface area contributed by atoms with Crippen molar-refractivity contribution in [3.8, 4) is 5.75 Å². The molecule has 0 saturated heterocycles. The van der Waals surface area contributed by atoms with E-state index in [4.69, 9.17) is 39.5 Å². The highest BCUT2D eigenvalue weighted by molar-refractivity contribution is 6.43. The predicted octanol–water partition coefficient (Wildman–Crippen LogP) is 5.90. The van der Waals surface area contributed by atoms with Crippen molar-refractivity contribution in [3.05, 3.63) is 51.5 Å². The van der Waals surface area contributed by atoms with E-state index in [1.165, 1.54) is 12.1 Å². The van der Waals surface area contributed by atoms with Gasteiger partial charge in [0.2, 0.25) is 0 Å². The summed E-state index contributed by atoms with van der Waals surface area (Å²) in [4.78, 5) is 14.6. The molecule has 0 saturated carbocycles. The summed E-state index contributed by atoms with van der Waals surface area (Å²) < 4.78 is 5.62. The molecule has 1 N–H and O–H groups in total. The second-order valence-corrected chi connectivity index (χ2v) is 6.89. The fraction of sp³-hybridized carbons (Fsp3) is 0.316. The molecule has 1 atom stereocenters. The molecule has 26 heavy (non-hydrogen) atoms. The maximum absolute atomic E-state index is 12.4. The predicted molar refractivity (Wildman–Crippen MR) is 110 cm³/mol. The summed E-state index contributed by atoms with van der Waals surface area (Å²) in [6, 6.07) is 10.7. The number of nitrogens with zero attached hydrogens (tertiary/aromatic N) is 1. The number of hydrogen-bond donors (Lipinski definition) is 1. The molecule has 0 fully saturated rings. The number of benzene rings is 2. The number of hydrogen-bond acceptors (Lipinski definition) is 3. The molecule has 140 valence electrons. The zero-order valence-corrected chi connectivity index (χ0v) is 17.1. The normalized spacial score (nSPS) is 11.8. The highest BCUT2D eigenvalue weighted by Crippen LogP contribution is 2.34. The first-order chi connectivity index (χ1) is 12.3. The second kappa shape index (κ2) is 9.36. The molecule has 2 rings (SSSR count). The summed E-state index contributed by atoms with van der Waals surface area (Å²) >= 11 is 17.9. The molecule has 0 aromatic heterocycles. The topological polar surface area (TPSA) is 41.6 Å². The average Bonchev–Trinajstić information content (AvgIpc) is 2.62. The molecule has 7 heteroatoms. The quantitative estimate of drug-likeness (QED) is 0.572. The van der Waals surface area contributed by atoms with Crippen LogP contribution in [-0.4, -0.2) is 25.1 Å². The molecule has 0 aliphatic heterocycles. The Hall–Kier alpha value is -1.62. The molecule has 4 nitrogen and oxygen atoms in total. The summed E-state index contributed by atoms with van der Waals surface area (Å²) in [5, 5.41) is 3.76. The maximum Gasteiger partial charge on any atom is 0.265 e. The lowest BCUT2D eigenvalue weighted by Crippen LogP contribution is -2.30. The fourth-order valence-corrected chi connectivity index (χ4v) is 3.01. The Balaban J connectivity index is 2.02. The third-order valence-electron chi connectivity index (χ3n) is 3.91. The van der Waals surface area contributed by atoms with E-state index in [1.54, 1.807) is 6.92 Å². The number of nitrogens with one attached hydrogen (secondary N) is 1. The third kappa shape index (κ3) is 5.19. The molecular formula is C19H21Cl3N2O2. The van der Waals surface area contributed by atoms with Gasteiger partial charge >= 0.3 is 0 Å². The molecule has 2 aromatic carbocycles. The first kappa shape index (κ1) is 20.7. The lowest BCUT2D eigenvalue weighted by atomic mass is 10.2. The minimum atomic E-state index is -0.757. The van der Waals surface area contributed by atoms with Crippen molar-refractivity contribution in [2.75, 3.05) is 23.3 Å². The Morgan fingerprint density at radius 2 is 1.62 bits per heavy atom. The number of carbonyl (C=O) groups is 1. The lowest BCUT2D eigenvalue weighted by molar-refractivity contribution is -0.122. The van der Waals surface area contributed by atoms with Crippen molar-refractivity contribution < 1.29 is 9.53 Å². The van der Waals surface area contributed by atoms with E-state index in [9.17, 15) is 4.79 Å². The monoisotopic (exact) mass is 414 g/mol. The summed E-state index contributed by atoms with van der Waals surface area (Å²) in [5.41, 5.74) is 1.81. The number of ether oxygens (including phenoxy) is 1. The molecule has 2 aromatic rings. The largest absolute Gasteiger partial charge is 0.479 e. The minimum absolute atomic E-state index is 0.289. The van der Waals surface area contributed by atoms with Crippen LogP contribution in [-0.2, 0) is 4.79 Å². The lowest BCUT2D eigenvalue weighted by Gasteiger charge is -2.21. The summed E-state index contributed by atoms with van der Waals surface area (Å²) in [6.07, 6.45) is -0.757. The molecular weight excluding hydrogens is 395 g/mol. The molecule has 0 spiro atoms. The van der Waals surface area contributed by atoms with Gasteiger partial charge in [0.1, 0.15) is 5.75 Å². The first-order valence-electron chi connectivity index (χ1n) is 8.32. The van der Waals surface area contributed by atoms with Gasteiger partial charge in [0, 0.05) is 30.5 Å². The molecule has 0 aliphatic carbocycles. The molecule has 1 amide bonds. The van der Waals surface area contributed by atoms with E-state index in [0.717, 1.165) is 18.8 Å². The van der Waals surface area contributed by atoms with Gasteiger partial charge in [-0.2, -0.15) is 0 Å². The summed E-state index contributed by atoms with van der Waals surface area (Å²) in [5.74, 6) is 0.0170. The number of carbonyl (C=O) groups excluding carboxylic acids is 1. The second-order valence-electron chi connectivity index (χ2n) is 5.67. The third-order valence-corrected chi connectivity index (χ3v) is 4.93. The van der Waals surface area contributed by atoms with Crippen molar-refractivity contribution in [2.24, 2.45) is 0 Å². The summed E-state index contributed by atoms with van der Waals surface area (Å²) in [6.45, 7) is 7.70. The van der Waals surface area contributed by atoms with Crippen LogP contribution < -0.4 is 15.0 Å². The van der Waals surface area contributed by atoms with Crippen LogP contribution in [0.5, 0.6) is 5.75 Å². The fourth-order valence-electron chi connectivity index (χ4n) is 2.43. The Kier molecular flexibility index (Phi) is 7.44. The van der Waals surface area contributed by atoms with Gasteiger partial charge in [0.25, 0.3) is 5.91 Å². The highest BCUT2D eigenvalue weighted by atomic mass is 35.5. The number of amides is 1. The van der Waals surface area contributed by atoms with Crippen LogP contribution in [0.2, 0.25) is 15.1 Å². The zero-order chi connectivity index (χ0) is 19.3. The van der Waals surface area contributed by atoms with Gasteiger partial charge in [-0.05, 0) is 51.1 Å². The van der Waals surface area contributed by atoms with Gasteiger partial charge in [-0.25, -0.2) is 0 Å². The van der Waals surface area contributed by atoms with E-state index in [0.29, 0.717) is 26.5 Å². The Labute approximate surface area is 169 Å². The van der Waals surface area contributed by atoms with Crippen molar-refractivity contribution in [1.82, 2.24) is 0 Å². The Morgan fingerprint density at radius 3 is 2.19 bits per heavy atom. The number of halogens is 3. The maximum atomic E-state index is 12.4. The smallest absolute Gasteiger partial charge is 0.265 e. The van der Waals surface area contributed by atoms with Crippen LogP contribution in [0.25, 0.3) is 0 Å². The van der Waals surface area contributed by atoms with Gasteiger partial charge in [-0.3, -0.25) is 4.79 Å². The first-order valence-corrected chi connectivity index (χ1v) is 9.46. The van der Waals surface area contributed by atoms with Crippen molar-refractivity contribution >= 4 is 52.1 Å². The van der Waals surface area contributed by atoms with Crippen LogP contribution in [0.4, 0.5) is 11.4 Å². The molecule has 0 aliphatic rings. The van der Waals surface area contributed by atoms with Gasteiger partial charge < -0.3 is 15.0 Å². The van der Waals surface area contributed by atoms with Crippen LogP contribution in [0, 0.1) is 0 Å². The van der Waals surface area contributed by atoms with E-state index in [2.05, 4.69) is 24.1 Å². The van der Waals surface area contributed by atoms with Gasteiger partial charge in [0.15, 0.2) is 6.10 Å². The average molecular weight is 416 g/mol. The van der Waals surface area contributed by atoms with Crippen LogP contribution in [0.3, 0.4) is 0 Å². The van der Waals surface area contributed by atoms with Gasteiger partial charge in [-0.15, -0.1) is 0 Å². The van der Waals surface area contributed by atoms with Crippen molar-refractivity contribution in [1.29, 1.82) is 0 Å². The standard InChI is InChI=1S/C19H21Cl3N2O2/c1-4-24(5-2)14-8-6-13(7-9-14)23-19(25)12(3)26-18-11-16(21)15(20)10-17(18)22/h6-12H,4-5H2,1-3H3,(H,23,25). The Morgan fingerprint density at radius 1 is 1.04 bits per heavy atom. The van der Waals surface area contributed by atoms with Gasteiger partial charge in [0.05, 0.1) is 15.1 Å². The molecule has 0 bridgehead atoms. The molecule has 0 radical (unpaired) electrons. The van der Waals surface area contributed by atoms with Crippen LogP contribution in [0.1, 0.15) is 20.8 Å². The molecule has 1 unspecified atom stereocenters. The van der Waals surface area contributed by atoms with Crippen LogP contribution >= 0.6 is 34.8 Å². The highest BCUT2D eigenvalue weighted by Gasteiger charge is 2.17. The van der Waals surface area contributed by atoms with E-state index in [-0.39, 0.29) is 5.91 Å². The minimum Gasteiger partial charge on any atom is -0.479 e. The van der Waals surface area contributed by atoms with E-state index < -0.39 is 6.10 Å². The van der Waals surface area contributed by atoms with Crippen molar-refractivity contribution in [2.45, 2.75) is 26.9 Å².